The van der Waals surface area contributed by atoms with E-state index in [0.717, 1.165) is 0 Å². The fraction of sp³-hybridized carbons (Fsp3) is 0.125. The number of hydrogen-bond donors (Lipinski definition) is 1. The van der Waals surface area contributed by atoms with Gasteiger partial charge in [-0.05, 0) is 11.6 Å². The van der Waals surface area contributed by atoms with E-state index in [1.54, 1.807) is 18.2 Å². The van der Waals surface area contributed by atoms with Crippen LogP contribution in [0.1, 0.15) is 5.56 Å². The van der Waals surface area contributed by atoms with E-state index in [-0.39, 0.29) is 5.75 Å². The molecule has 1 aromatic heterocycles. The molecule has 80 valence electrons. The third kappa shape index (κ3) is 2.25. The first-order valence-corrected chi connectivity index (χ1v) is 6.87. The van der Waals surface area contributed by atoms with Crippen LogP contribution in [0.25, 0.3) is 10.9 Å². The van der Waals surface area contributed by atoms with E-state index in [2.05, 4.69) is 10.2 Å². The molecule has 0 saturated carbocycles. The molecule has 7 heteroatoms. The average molecular weight is 265 g/mol. The van der Waals surface area contributed by atoms with Crippen molar-refractivity contribution in [2.45, 2.75) is 5.75 Å². The van der Waals surface area contributed by atoms with Crippen molar-refractivity contribution in [1.29, 1.82) is 0 Å². The maximum atomic E-state index is 10.9. The minimum atomic E-state index is -3.58. The normalized spacial score (nSPS) is 12.1. The molecule has 0 aliphatic heterocycles. The van der Waals surface area contributed by atoms with Gasteiger partial charge in [0, 0.05) is 16.1 Å². The molecule has 15 heavy (non-hydrogen) atoms. The number of fused-ring (bicyclic) bond motifs is 1. The van der Waals surface area contributed by atoms with Crippen molar-refractivity contribution in [2.24, 2.45) is 0 Å². The number of para-hydroxylation sites is 1. The van der Waals surface area contributed by atoms with Crippen LogP contribution >= 0.6 is 22.3 Å². The van der Waals surface area contributed by atoms with Gasteiger partial charge >= 0.3 is 0 Å². The van der Waals surface area contributed by atoms with Gasteiger partial charge in [-0.1, -0.05) is 23.7 Å². The van der Waals surface area contributed by atoms with Crippen LogP contribution in [-0.2, 0) is 14.8 Å². The predicted octanol–water partition coefficient (Wildman–Crippen LogP) is 2.28. The summed E-state index contributed by atoms with van der Waals surface area (Å²) in [5.41, 5.74) is 1.07. The predicted molar refractivity (Wildman–Crippen MR) is 59.6 cm³/mol. The molecule has 4 nitrogen and oxygen atoms in total. The third-order valence-corrected chi connectivity index (χ3v) is 3.22. The number of nitrogens with one attached hydrogen (secondary N) is 1. The van der Waals surface area contributed by atoms with Gasteiger partial charge in [0.1, 0.15) is 5.15 Å². The van der Waals surface area contributed by atoms with Gasteiger partial charge in [0.2, 0.25) is 9.05 Å². The van der Waals surface area contributed by atoms with Gasteiger partial charge in [0.05, 0.1) is 11.3 Å². The smallest absolute Gasteiger partial charge is 0.236 e. The van der Waals surface area contributed by atoms with Crippen LogP contribution in [0.5, 0.6) is 0 Å². The Morgan fingerprint density at radius 1 is 1.40 bits per heavy atom. The molecule has 2 aromatic rings. The topological polar surface area (TPSA) is 62.8 Å². The summed E-state index contributed by atoms with van der Waals surface area (Å²) in [5, 5.41) is 7.58. The fourth-order valence-corrected chi connectivity index (χ4v) is 2.52. The highest BCUT2D eigenvalue weighted by Gasteiger charge is 2.13. The van der Waals surface area contributed by atoms with Gasteiger partial charge in [-0.25, -0.2) is 8.42 Å². The standard InChI is InChI=1S/C8H6Cl2N2O2S/c9-8-6-3-1-2-5(4-15(10,13)14)7(6)11-12-8/h1-3H,4H2,(H,11,12). The quantitative estimate of drug-likeness (QED) is 0.847. The Morgan fingerprint density at radius 3 is 2.80 bits per heavy atom. The van der Waals surface area contributed by atoms with E-state index >= 15 is 0 Å². The molecule has 0 spiro atoms. The van der Waals surface area contributed by atoms with E-state index in [0.29, 0.717) is 21.6 Å². The summed E-state index contributed by atoms with van der Waals surface area (Å²) in [6.45, 7) is 0. The van der Waals surface area contributed by atoms with Crippen molar-refractivity contribution in [3.63, 3.8) is 0 Å². The van der Waals surface area contributed by atoms with Crippen LogP contribution in [0.3, 0.4) is 0 Å². The summed E-state index contributed by atoms with van der Waals surface area (Å²) < 4.78 is 21.9. The summed E-state index contributed by atoms with van der Waals surface area (Å²) in [4.78, 5) is 0. The Kier molecular flexibility index (Phi) is 2.62. The Morgan fingerprint density at radius 2 is 2.13 bits per heavy atom. The highest BCUT2D eigenvalue weighted by Crippen LogP contribution is 2.24. The van der Waals surface area contributed by atoms with Crippen LogP contribution in [0, 0.1) is 0 Å². The molecule has 0 fully saturated rings. The van der Waals surface area contributed by atoms with E-state index < -0.39 is 9.05 Å². The first-order chi connectivity index (χ1) is 6.97. The lowest BCUT2D eigenvalue weighted by Crippen LogP contribution is -1.95. The van der Waals surface area contributed by atoms with Crippen molar-refractivity contribution in [3.05, 3.63) is 28.9 Å². The summed E-state index contributed by atoms with van der Waals surface area (Å²) in [7, 11) is 1.59. The molecule has 0 aliphatic carbocycles. The van der Waals surface area contributed by atoms with Crippen molar-refractivity contribution in [3.8, 4) is 0 Å². The van der Waals surface area contributed by atoms with Gasteiger partial charge in [0.15, 0.2) is 0 Å². The van der Waals surface area contributed by atoms with Crippen LogP contribution in [0.4, 0.5) is 0 Å². The van der Waals surface area contributed by atoms with Gasteiger partial charge in [-0.15, -0.1) is 0 Å². The Balaban J connectivity index is 2.62. The highest BCUT2D eigenvalue weighted by molar-refractivity contribution is 8.13. The molecule has 0 radical (unpaired) electrons. The van der Waals surface area contributed by atoms with Crippen molar-refractivity contribution < 1.29 is 8.42 Å². The number of H-pyrrole nitrogens is 1. The molecule has 0 aliphatic rings. The number of hydrogen-bond acceptors (Lipinski definition) is 3. The summed E-state index contributed by atoms with van der Waals surface area (Å²) >= 11 is 5.82. The number of aromatic amines is 1. The largest absolute Gasteiger partial charge is 0.266 e. The van der Waals surface area contributed by atoms with E-state index in [9.17, 15) is 8.42 Å². The number of aromatic nitrogens is 2. The zero-order chi connectivity index (χ0) is 11.1. The minimum absolute atomic E-state index is 0.257. The third-order valence-electron chi connectivity index (χ3n) is 1.95. The minimum Gasteiger partial charge on any atom is -0.266 e. The zero-order valence-corrected chi connectivity index (χ0v) is 9.70. The Bertz CT molecular complexity index is 606. The van der Waals surface area contributed by atoms with Crippen molar-refractivity contribution in [1.82, 2.24) is 10.2 Å². The molecule has 0 unspecified atom stereocenters. The monoisotopic (exact) mass is 264 g/mol. The molecule has 1 aromatic carbocycles. The molecule has 1 N–H and O–H groups in total. The molecule has 0 saturated heterocycles. The first-order valence-electron chi connectivity index (χ1n) is 4.01. The second-order valence-electron chi connectivity index (χ2n) is 3.03. The SMILES string of the molecule is O=S(=O)(Cl)Cc1cccc2c(Cl)[nH]nc12. The number of nitrogens with zero attached hydrogens (tertiary/aromatic N) is 1. The van der Waals surface area contributed by atoms with Crippen LogP contribution < -0.4 is 0 Å². The van der Waals surface area contributed by atoms with Gasteiger partial charge < -0.3 is 0 Å². The van der Waals surface area contributed by atoms with Crippen LogP contribution in [-0.4, -0.2) is 18.6 Å². The number of benzene rings is 1. The van der Waals surface area contributed by atoms with Crippen molar-refractivity contribution >= 4 is 42.2 Å². The van der Waals surface area contributed by atoms with Crippen LogP contribution in [0.15, 0.2) is 18.2 Å². The maximum Gasteiger partial charge on any atom is 0.236 e. The van der Waals surface area contributed by atoms with Crippen LogP contribution in [0.2, 0.25) is 5.15 Å². The molecule has 0 amide bonds. The van der Waals surface area contributed by atoms with E-state index in [1.807, 2.05) is 0 Å². The Labute approximate surface area is 95.6 Å². The zero-order valence-electron chi connectivity index (χ0n) is 7.37. The lowest BCUT2D eigenvalue weighted by molar-refractivity contribution is 0.609. The molecular weight excluding hydrogens is 259 g/mol. The summed E-state index contributed by atoms with van der Waals surface area (Å²) in [5.74, 6) is -0.257. The first kappa shape index (κ1) is 10.7. The Hall–Kier alpha value is -0.780. The maximum absolute atomic E-state index is 10.9. The van der Waals surface area contributed by atoms with E-state index in [4.69, 9.17) is 22.3 Å². The summed E-state index contributed by atoms with van der Waals surface area (Å²) in [6.07, 6.45) is 0. The van der Waals surface area contributed by atoms with Crippen molar-refractivity contribution in [2.75, 3.05) is 0 Å². The second-order valence-corrected chi connectivity index (χ2v) is 6.19. The fourth-order valence-electron chi connectivity index (χ4n) is 1.37. The van der Waals surface area contributed by atoms with Gasteiger partial charge in [-0.2, -0.15) is 5.10 Å². The average Bonchev–Trinajstić information content (AvgIpc) is 2.47. The number of halogens is 2. The molecular formula is C8H6Cl2N2O2S. The highest BCUT2D eigenvalue weighted by atomic mass is 35.7. The van der Waals surface area contributed by atoms with E-state index in [1.165, 1.54) is 0 Å². The molecule has 0 atom stereocenters. The molecule has 2 rings (SSSR count). The van der Waals surface area contributed by atoms with Gasteiger partial charge in [0.25, 0.3) is 0 Å². The van der Waals surface area contributed by atoms with Gasteiger partial charge in [-0.3, -0.25) is 5.10 Å². The second kappa shape index (κ2) is 3.66. The molecule has 0 bridgehead atoms. The molecule has 1 heterocycles. The number of rotatable bonds is 2. The lowest BCUT2D eigenvalue weighted by atomic mass is 10.2. The lowest BCUT2D eigenvalue weighted by Gasteiger charge is -1.98. The summed E-state index contributed by atoms with van der Waals surface area (Å²) in [6, 6.07) is 5.12.